The largest absolute Gasteiger partial charge is 0.376 e. The second kappa shape index (κ2) is 7.24. The highest BCUT2D eigenvalue weighted by Crippen LogP contribution is 2.31. The Bertz CT molecular complexity index is 1560. The molecule has 9 heteroatoms. The molecule has 6 aromatic heterocycles. The van der Waals surface area contributed by atoms with Gasteiger partial charge >= 0.3 is 0 Å². The van der Waals surface area contributed by atoms with Crippen molar-refractivity contribution in [3.63, 3.8) is 0 Å². The number of imidazole rings is 1. The van der Waals surface area contributed by atoms with Crippen molar-refractivity contribution in [2.45, 2.75) is 0 Å². The average molecular weight is 439 g/mol. The van der Waals surface area contributed by atoms with Crippen LogP contribution in [0.3, 0.4) is 0 Å². The zero-order valence-electron chi connectivity index (χ0n) is 17.4. The Labute approximate surface area is 187 Å². The molecular formula is C23H18N8S. The van der Waals surface area contributed by atoms with Crippen molar-refractivity contribution in [3.05, 3.63) is 59.7 Å². The van der Waals surface area contributed by atoms with Crippen molar-refractivity contribution in [1.82, 2.24) is 35.1 Å². The number of fused-ring (bicyclic) bond motifs is 2. The van der Waals surface area contributed by atoms with Gasteiger partial charge in [-0.25, -0.2) is 9.97 Å². The number of aromatic amines is 2. The highest BCUT2D eigenvalue weighted by atomic mass is 32.1. The average Bonchev–Trinajstić information content (AvgIpc) is 3.57. The molecule has 0 radical (unpaired) electrons. The van der Waals surface area contributed by atoms with Gasteiger partial charge in [-0.05, 0) is 35.7 Å². The summed E-state index contributed by atoms with van der Waals surface area (Å²) in [5, 5.41) is 11.7. The Balaban J connectivity index is 1.49. The van der Waals surface area contributed by atoms with Crippen LogP contribution in [0.4, 0.5) is 5.69 Å². The number of aromatic nitrogens is 7. The van der Waals surface area contributed by atoms with Crippen LogP contribution in [0.15, 0.2) is 59.7 Å². The van der Waals surface area contributed by atoms with Gasteiger partial charge in [-0.3, -0.25) is 15.1 Å². The van der Waals surface area contributed by atoms with Crippen molar-refractivity contribution in [1.29, 1.82) is 0 Å². The molecule has 2 N–H and O–H groups in total. The van der Waals surface area contributed by atoms with Crippen molar-refractivity contribution < 1.29 is 0 Å². The molecule has 32 heavy (non-hydrogen) atoms. The number of nitrogens with one attached hydrogen (secondary N) is 2. The van der Waals surface area contributed by atoms with E-state index in [4.69, 9.17) is 9.97 Å². The summed E-state index contributed by atoms with van der Waals surface area (Å²) in [6.07, 6.45) is 5.45. The molecule has 0 bridgehead atoms. The predicted molar refractivity (Wildman–Crippen MR) is 128 cm³/mol. The van der Waals surface area contributed by atoms with E-state index in [0.717, 1.165) is 50.3 Å². The van der Waals surface area contributed by atoms with Gasteiger partial charge in [0.05, 0.1) is 34.3 Å². The van der Waals surface area contributed by atoms with E-state index in [-0.39, 0.29) is 0 Å². The van der Waals surface area contributed by atoms with Gasteiger partial charge in [0.1, 0.15) is 11.0 Å². The van der Waals surface area contributed by atoms with E-state index in [2.05, 4.69) is 42.7 Å². The zero-order valence-corrected chi connectivity index (χ0v) is 18.2. The summed E-state index contributed by atoms with van der Waals surface area (Å²) < 4.78 is 0. The Morgan fingerprint density at radius 3 is 2.66 bits per heavy atom. The SMILES string of the molecule is CN(C)c1cncc(-c2ccc3[nH]nc(-c4nc5c(-c6ccsc6)nccc5[nH]4)c3n2)c1. The summed E-state index contributed by atoms with van der Waals surface area (Å²) in [5.74, 6) is 0.653. The summed E-state index contributed by atoms with van der Waals surface area (Å²) in [5.41, 5.74) is 8.69. The van der Waals surface area contributed by atoms with Crippen LogP contribution >= 0.6 is 11.3 Å². The Morgan fingerprint density at radius 1 is 0.906 bits per heavy atom. The highest BCUT2D eigenvalue weighted by molar-refractivity contribution is 7.08. The third-order valence-corrected chi connectivity index (χ3v) is 6.05. The molecule has 0 aromatic carbocycles. The number of H-pyrrole nitrogens is 2. The molecule has 6 heterocycles. The van der Waals surface area contributed by atoms with Crippen LogP contribution in [0.1, 0.15) is 0 Å². The van der Waals surface area contributed by atoms with Crippen molar-refractivity contribution in [2.75, 3.05) is 19.0 Å². The molecule has 0 saturated heterocycles. The first kappa shape index (κ1) is 18.6. The molecule has 0 fully saturated rings. The number of nitrogens with zero attached hydrogens (tertiary/aromatic N) is 6. The summed E-state index contributed by atoms with van der Waals surface area (Å²) in [6.45, 7) is 0. The van der Waals surface area contributed by atoms with E-state index < -0.39 is 0 Å². The maximum Gasteiger partial charge on any atom is 0.161 e. The molecule has 6 aromatic rings. The Morgan fingerprint density at radius 2 is 1.81 bits per heavy atom. The van der Waals surface area contributed by atoms with Crippen LogP contribution in [0.2, 0.25) is 0 Å². The third-order valence-electron chi connectivity index (χ3n) is 5.36. The normalized spacial score (nSPS) is 11.4. The van der Waals surface area contributed by atoms with E-state index in [1.807, 2.05) is 55.0 Å². The molecule has 0 unspecified atom stereocenters. The van der Waals surface area contributed by atoms with Crippen molar-refractivity contribution in [2.24, 2.45) is 0 Å². The third kappa shape index (κ3) is 3.02. The smallest absolute Gasteiger partial charge is 0.161 e. The van der Waals surface area contributed by atoms with Gasteiger partial charge in [-0.2, -0.15) is 16.4 Å². The van der Waals surface area contributed by atoms with Gasteiger partial charge in [0.25, 0.3) is 0 Å². The molecule has 6 rings (SSSR count). The first-order valence-electron chi connectivity index (χ1n) is 10.0. The number of hydrogen-bond donors (Lipinski definition) is 2. The number of pyridine rings is 3. The Hall–Kier alpha value is -4.11. The number of anilines is 1. The van der Waals surface area contributed by atoms with Gasteiger partial charge < -0.3 is 9.88 Å². The van der Waals surface area contributed by atoms with Gasteiger partial charge in [-0.15, -0.1) is 0 Å². The first-order chi connectivity index (χ1) is 15.7. The minimum atomic E-state index is 0.653. The fourth-order valence-corrected chi connectivity index (χ4v) is 4.34. The minimum absolute atomic E-state index is 0.653. The number of rotatable bonds is 4. The van der Waals surface area contributed by atoms with Crippen LogP contribution in [-0.2, 0) is 0 Å². The second-order valence-electron chi connectivity index (χ2n) is 7.64. The molecule has 0 aliphatic carbocycles. The minimum Gasteiger partial charge on any atom is -0.376 e. The molecule has 0 aliphatic heterocycles. The molecule has 0 spiro atoms. The topological polar surface area (TPSA) is 99.3 Å². The van der Waals surface area contributed by atoms with Crippen molar-refractivity contribution >= 4 is 39.1 Å². The molecular weight excluding hydrogens is 420 g/mol. The standard InChI is InChI=1S/C23H18N8S/c1-31(2)15-9-14(10-24-11-15)16-3-4-18-21(26-16)22(30-29-18)23-27-17-5-7-25-19(20(17)28-23)13-6-8-32-12-13/h3-12H,1-2H3,(H,27,28)(H,29,30). The lowest BCUT2D eigenvalue weighted by Gasteiger charge is -2.12. The van der Waals surface area contributed by atoms with E-state index in [1.165, 1.54) is 0 Å². The monoisotopic (exact) mass is 438 g/mol. The molecule has 156 valence electrons. The van der Waals surface area contributed by atoms with E-state index in [9.17, 15) is 0 Å². The number of thiophene rings is 1. The maximum atomic E-state index is 4.90. The fourth-order valence-electron chi connectivity index (χ4n) is 3.70. The molecule has 0 saturated carbocycles. The lowest BCUT2D eigenvalue weighted by molar-refractivity contribution is 1.10. The predicted octanol–water partition coefficient (Wildman–Crippen LogP) is 4.75. The molecule has 8 nitrogen and oxygen atoms in total. The van der Waals surface area contributed by atoms with Gasteiger partial charge in [-0.1, -0.05) is 0 Å². The molecule has 0 aliphatic rings. The van der Waals surface area contributed by atoms with Crippen LogP contribution in [-0.4, -0.2) is 49.2 Å². The lowest BCUT2D eigenvalue weighted by atomic mass is 10.1. The number of hydrogen-bond acceptors (Lipinski definition) is 7. The first-order valence-corrected chi connectivity index (χ1v) is 11.0. The van der Waals surface area contributed by atoms with E-state index in [0.29, 0.717) is 11.5 Å². The fraction of sp³-hybridized carbons (Fsp3) is 0.0870. The second-order valence-corrected chi connectivity index (χ2v) is 8.42. The summed E-state index contributed by atoms with van der Waals surface area (Å²) in [4.78, 5) is 24.1. The Kier molecular flexibility index (Phi) is 4.22. The lowest BCUT2D eigenvalue weighted by Crippen LogP contribution is -2.08. The molecule has 0 atom stereocenters. The van der Waals surface area contributed by atoms with Crippen LogP contribution < -0.4 is 4.90 Å². The summed E-state index contributed by atoms with van der Waals surface area (Å²) in [7, 11) is 3.98. The molecule has 0 amide bonds. The van der Waals surface area contributed by atoms with Gasteiger partial charge in [0.2, 0.25) is 0 Å². The van der Waals surface area contributed by atoms with Crippen LogP contribution in [0, 0.1) is 0 Å². The van der Waals surface area contributed by atoms with E-state index >= 15 is 0 Å². The maximum absolute atomic E-state index is 4.90. The van der Waals surface area contributed by atoms with Gasteiger partial charge in [0, 0.05) is 43.0 Å². The van der Waals surface area contributed by atoms with E-state index in [1.54, 1.807) is 17.5 Å². The van der Waals surface area contributed by atoms with Crippen LogP contribution in [0.5, 0.6) is 0 Å². The van der Waals surface area contributed by atoms with Crippen molar-refractivity contribution in [3.8, 4) is 34.0 Å². The van der Waals surface area contributed by atoms with Crippen LogP contribution in [0.25, 0.3) is 56.1 Å². The zero-order chi connectivity index (χ0) is 21.7. The van der Waals surface area contributed by atoms with Gasteiger partial charge in [0.15, 0.2) is 11.5 Å². The summed E-state index contributed by atoms with van der Waals surface area (Å²) in [6, 6.07) is 10.00. The quantitative estimate of drug-likeness (QED) is 0.412. The summed E-state index contributed by atoms with van der Waals surface area (Å²) >= 11 is 1.64. The highest BCUT2D eigenvalue weighted by Gasteiger charge is 2.17.